The third-order valence-electron chi connectivity index (χ3n) is 3.44. The number of imidazole rings is 2. The quantitative estimate of drug-likeness (QED) is 0.628. The van der Waals surface area contributed by atoms with Gasteiger partial charge in [0.15, 0.2) is 4.96 Å². The van der Waals surface area contributed by atoms with Gasteiger partial charge in [0, 0.05) is 41.5 Å². The molecule has 1 N–H and O–H groups in total. The van der Waals surface area contributed by atoms with Crippen LogP contribution in [0.4, 0.5) is 5.69 Å². The molecule has 0 bridgehead atoms. The Morgan fingerprint density at radius 3 is 2.83 bits per heavy atom. The molecule has 23 heavy (non-hydrogen) atoms. The third kappa shape index (κ3) is 2.86. The lowest BCUT2D eigenvalue weighted by Gasteiger charge is -2.06. The third-order valence-corrected chi connectivity index (χ3v) is 4.21. The normalized spacial score (nSPS) is 11.0. The van der Waals surface area contributed by atoms with Crippen LogP contribution in [0.5, 0.6) is 0 Å². The molecule has 1 amide bonds. The summed E-state index contributed by atoms with van der Waals surface area (Å²) in [5.41, 5.74) is 2.53. The molecule has 0 saturated carbocycles. The highest BCUT2D eigenvalue weighted by Gasteiger charge is 2.08. The standard InChI is InChI=1S/C16H13N5OS/c22-15(9-13-10-20-7-8-23-16(20)19-13)18-12-1-3-14(4-2-12)21-6-5-17-11-21/h1-8,10-11H,9H2,(H,18,22). The molecule has 0 aliphatic heterocycles. The van der Waals surface area contributed by atoms with Crippen LogP contribution in [0, 0.1) is 0 Å². The molecule has 0 aliphatic carbocycles. The van der Waals surface area contributed by atoms with Crippen LogP contribution in [-0.4, -0.2) is 24.8 Å². The number of hydrogen-bond donors (Lipinski definition) is 1. The van der Waals surface area contributed by atoms with Crippen molar-refractivity contribution in [2.45, 2.75) is 6.42 Å². The molecule has 0 saturated heterocycles. The van der Waals surface area contributed by atoms with E-state index < -0.39 is 0 Å². The fourth-order valence-corrected chi connectivity index (χ4v) is 3.08. The van der Waals surface area contributed by atoms with Gasteiger partial charge < -0.3 is 9.88 Å². The summed E-state index contributed by atoms with van der Waals surface area (Å²) in [6, 6.07) is 7.62. The summed E-state index contributed by atoms with van der Waals surface area (Å²) in [6.07, 6.45) is 9.41. The number of thiazole rings is 1. The van der Waals surface area contributed by atoms with Crippen molar-refractivity contribution in [3.05, 3.63) is 66.5 Å². The highest BCUT2D eigenvalue weighted by atomic mass is 32.1. The van der Waals surface area contributed by atoms with Crippen LogP contribution in [-0.2, 0) is 11.2 Å². The van der Waals surface area contributed by atoms with E-state index in [1.54, 1.807) is 23.9 Å². The van der Waals surface area contributed by atoms with Crippen molar-refractivity contribution in [2.75, 3.05) is 5.32 Å². The molecule has 0 unspecified atom stereocenters. The molecule has 4 aromatic rings. The minimum Gasteiger partial charge on any atom is -0.326 e. The minimum atomic E-state index is -0.0777. The number of nitrogens with one attached hydrogen (secondary N) is 1. The highest BCUT2D eigenvalue weighted by molar-refractivity contribution is 7.15. The first kappa shape index (κ1) is 13.7. The second-order valence-electron chi connectivity index (χ2n) is 5.07. The van der Waals surface area contributed by atoms with Crippen molar-refractivity contribution in [1.82, 2.24) is 18.9 Å². The number of benzene rings is 1. The van der Waals surface area contributed by atoms with Crippen LogP contribution in [0.1, 0.15) is 5.69 Å². The Balaban J connectivity index is 1.43. The van der Waals surface area contributed by atoms with E-state index in [1.807, 2.05) is 57.2 Å². The molecule has 3 aromatic heterocycles. The number of fused-ring (bicyclic) bond motifs is 1. The molecule has 0 fully saturated rings. The van der Waals surface area contributed by atoms with Crippen LogP contribution in [0.2, 0.25) is 0 Å². The van der Waals surface area contributed by atoms with Gasteiger partial charge in [-0.2, -0.15) is 0 Å². The van der Waals surface area contributed by atoms with E-state index in [0.717, 1.165) is 22.0 Å². The topological polar surface area (TPSA) is 64.2 Å². The SMILES string of the molecule is O=C(Cc1cn2ccsc2n1)Nc1ccc(-n2ccnc2)cc1. The van der Waals surface area contributed by atoms with Crippen LogP contribution >= 0.6 is 11.3 Å². The minimum absolute atomic E-state index is 0.0777. The van der Waals surface area contributed by atoms with Crippen molar-refractivity contribution >= 4 is 27.9 Å². The van der Waals surface area contributed by atoms with Crippen molar-refractivity contribution < 1.29 is 4.79 Å². The van der Waals surface area contributed by atoms with Crippen molar-refractivity contribution in [3.63, 3.8) is 0 Å². The molecule has 114 valence electrons. The van der Waals surface area contributed by atoms with E-state index in [4.69, 9.17) is 0 Å². The zero-order valence-corrected chi connectivity index (χ0v) is 12.9. The molecule has 0 atom stereocenters. The Hall–Kier alpha value is -2.93. The number of aromatic nitrogens is 4. The Morgan fingerprint density at radius 1 is 1.22 bits per heavy atom. The van der Waals surface area contributed by atoms with Gasteiger partial charge in [-0.25, -0.2) is 9.97 Å². The van der Waals surface area contributed by atoms with Crippen LogP contribution in [0.3, 0.4) is 0 Å². The molecular weight excluding hydrogens is 310 g/mol. The maximum absolute atomic E-state index is 12.1. The van der Waals surface area contributed by atoms with E-state index in [-0.39, 0.29) is 12.3 Å². The summed E-state index contributed by atoms with van der Waals surface area (Å²) in [5, 5.41) is 4.86. The predicted octanol–water partition coefficient (Wildman–Crippen LogP) is 2.76. The molecule has 6 nitrogen and oxygen atoms in total. The zero-order valence-electron chi connectivity index (χ0n) is 12.1. The van der Waals surface area contributed by atoms with Gasteiger partial charge in [-0.1, -0.05) is 0 Å². The van der Waals surface area contributed by atoms with E-state index in [2.05, 4.69) is 15.3 Å². The molecule has 4 rings (SSSR count). The lowest BCUT2D eigenvalue weighted by atomic mass is 10.2. The molecular formula is C16H13N5OS. The number of carbonyl (C=O) groups is 1. The van der Waals surface area contributed by atoms with Gasteiger partial charge in [-0.3, -0.25) is 9.20 Å². The summed E-state index contributed by atoms with van der Waals surface area (Å²) >= 11 is 1.55. The Morgan fingerprint density at radius 2 is 2.09 bits per heavy atom. The van der Waals surface area contributed by atoms with Gasteiger partial charge in [0.05, 0.1) is 18.4 Å². The second kappa shape index (κ2) is 5.69. The Kier molecular flexibility index (Phi) is 3.39. The molecule has 3 heterocycles. The van der Waals surface area contributed by atoms with Crippen LogP contribution < -0.4 is 5.32 Å². The molecule has 1 aromatic carbocycles. The lowest BCUT2D eigenvalue weighted by Crippen LogP contribution is -2.14. The van der Waals surface area contributed by atoms with Gasteiger partial charge in [0.25, 0.3) is 0 Å². The zero-order chi connectivity index (χ0) is 15.6. The molecule has 7 heteroatoms. The monoisotopic (exact) mass is 323 g/mol. The number of hydrogen-bond acceptors (Lipinski definition) is 4. The first-order valence-corrected chi connectivity index (χ1v) is 7.95. The van der Waals surface area contributed by atoms with E-state index in [9.17, 15) is 4.79 Å². The summed E-state index contributed by atoms with van der Waals surface area (Å²) in [4.78, 5) is 21.4. The van der Waals surface area contributed by atoms with Gasteiger partial charge in [-0.05, 0) is 24.3 Å². The van der Waals surface area contributed by atoms with Crippen molar-refractivity contribution in [1.29, 1.82) is 0 Å². The smallest absolute Gasteiger partial charge is 0.230 e. The van der Waals surface area contributed by atoms with Crippen molar-refractivity contribution in [2.24, 2.45) is 0 Å². The largest absolute Gasteiger partial charge is 0.326 e. The number of nitrogens with zero attached hydrogens (tertiary/aromatic N) is 4. The van der Waals surface area contributed by atoms with E-state index in [1.165, 1.54) is 0 Å². The predicted molar refractivity (Wildman–Crippen MR) is 89.0 cm³/mol. The summed E-state index contributed by atoms with van der Waals surface area (Å²) in [7, 11) is 0. The summed E-state index contributed by atoms with van der Waals surface area (Å²) in [5.74, 6) is -0.0777. The number of amides is 1. The number of carbonyl (C=O) groups excluding carboxylic acids is 1. The van der Waals surface area contributed by atoms with Gasteiger partial charge in [0.1, 0.15) is 0 Å². The summed E-state index contributed by atoms with van der Waals surface area (Å²) < 4.78 is 3.83. The van der Waals surface area contributed by atoms with E-state index in [0.29, 0.717) is 0 Å². The van der Waals surface area contributed by atoms with Crippen molar-refractivity contribution in [3.8, 4) is 5.69 Å². The van der Waals surface area contributed by atoms with Gasteiger partial charge in [0.2, 0.25) is 5.91 Å². The fourth-order valence-electron chi connectivity index (χ4n) is 2.36. The van der Waals surface area contributed by atoms with Crippen LogP contribution in [0.25, 0.3) is 10.6 Å². The average molecular weight is 323 g/mol. The number of rotatable bonds is 4. The maximum atomic E-state index is 12.1. The van der Waals surface area contributed by atoms with Crippen LogP contribution in [0.15, 0.2) is 60.8 Å². The molecule has 0 radical (unpaired) electrons. The first-order valence-electron chi connectivity index (χ1n) is 7.07. The fraction of sp³-hybridized carbons (Fsp3) is 0.0625. The number of anilines is 1. The lowest BCUT2D eigenvalue weighted by molar-refractivity contribution is -0.115. The van der Waals surface area contributed by atoms with Gasteiger partial charge in [-0.15, -0.1) is 11.3 Å². The van der Waals surface area contributed by atoms with E-state index >= 15 is 0 Å². The summed E-state index contributed by atoms with van der Waals surface area (Å²) in [6.45, 7) is 0. The Labute approximate surface area is 136 Å². The highest BCUT2D eigenvalue weighted by Crippen LogP contribution is 2.15. The Bertz CT molecular complexity index is 908. The molecule has 0 spiro atoms. The first-order chi connectivity index (χ1) is 11.3. The van der Waals surface area contributed by atoms with Gasteiger partial charge >= 0.3 is 0 Å². The average Bonchev–Trinajstić information content (AvgIpc) is 3.24. The molecule has 0 aliphatic rings. The maximum Gasteiger partial charge on any atom is 0.230 e. The second-order valence-corrected chi connectivity index (χ2v) is 5.94.